The third-order valence-corrected chi connectivity index (χ3v) is 3.71. The molecule has 0 heterocycles. The number of aromatic carboxylic acids is 1. The maximum absolute atomic E-state index is 10.9. The van der Waals surface area contributed by atoms with Crippen molar-refractivity contribution in [1.82, 2.24) is 0 Å². The highest BCUT2D eigenvalue weighted by Gasteiger charge is 2.08. The Balaban J connectivity index is 2.17. The first-order valence-corrected chi connectivity index (χ1v) is 6.86. The summed E-state index contributed by atoms with van der Waals surface area (Å²) in [6.07, 6.45) is 0. The van der Waals surface area contributed by atoms with Crippen LogP contribution >= 0.6 is 22.6 Å². The highest BCUT2D eigenvalue weighted by molar-refractivity contribution is 14.1. The Bertz CT molecular complexity index is 608. The van der Waals surface area contributed by atoms with Gasteiger partial charge in [-0.1, -0.05) is 24.3 Å². The Kier molecular flexibility index (Phi) is 4.42. The second-order valence-electron chi connectivity index (χ2n) is 4.17. The van der Waals surface area contributed by atoms with E-state index in [4.69, 9.17) is 9.84 Å². The summed E-state index contributed by atoms with van der Waals surface area (Å²) in [6, 6.07) is 12.9. The highest BCUT2D eigenvalue weighted by atomic mass is 127. The molecule has 1 N–H and O–H groups in total. The normalized spacial score (nSPS) is 10.2. The van der Waals surface area contributed by atoms with Gasteiger partial charge in [-0.05, 0) is 58.8 Å². The second kappa shape index (κ2) is 6.06. The van der Waals surface area contributed by atoms with E-state index < -0.39 is 5.97 Å². The van der Waals surface area contributed by atoms with Crippen LogP contribution in [0, 0.1) is 10.5 Å². The number of carboxylic acid groups (broad SMARTS) is 1. The SMILES string of the molecule is Cc1ccccc1COc1cc(C(=O)O)ccc1I. The fourth-order valence-electron chi connectivity index (χ4n) is 1.67. The topological polar surface area (TPSA) is 46.5 Å². The zero-order valence-electron chi connectivity index (χ0n) is 10.4. The second-order valence-corrected chi connectivity index (χ2v) is 5.33. The smallest absolute Gasteiger partial charge is 0.335 e. The van der Waals surface area contributed by atoms with E-state index in [1.54, 1.807) is 18.2 Å². The first-order chi connectivity index (χ1) is 9.08. The van der Waals surface area contributed by atoms with E-state index in [-0.39, 0.29) is 5.56 Å². The zero-order valence-corrected chi connectivity index (χ0v) is 12.5. The molecule has 3 nitrogen and oxygen atoms in total. The molecule has 0 fully saturated rings. The quantitative estimate of drug-likeness (QED) is 0.834. The number of hydrogen-bond donors (Lipinski definition) is 1. The van der Waals surface area contributed by atoms with E-state index in [1.807, 2.05) is 31.2 Å². The van der Waals surface area contributed by atoms with Crippen molar-refractivity contribution in [3.63, 3.8) is 0 Å². The molecule has 0 aliphatic heterocycles. The molecule has 0 radical (unpaired) electrons. The van der Waals surface area contributed by atoms with Crippen LogP contribution in [0.4, 0.5) is 0 Å². The van der Waals surface area contributed by atoms with Gasteiger partial charge in [-0.25, -0.2) is 4.79 Å². The summed E-state index contributed by atoms with van der Waals surface area (Å²) in [5.74, 6) is -0.346. The lowest BCUT2D eigenvalue weighted by Gasteiger charge is -2.10. The molecule has 2 aromatic carbocycles. The molecule has 0 aliphatic rings. The number of aryl methyl sites for hydroxylation is 1. The number of rotatable bonds is 4. The number of ether oxygens (including phenoxy) is 1. The number of hydrogen-bond acceptors (Lipinski definition) is 2. The predicted molar refractivity (Wildman–Crippen MR) is 81.6 cm³/mol. The molecule has 4 heteroatoms. The monoisotopic (exact) mass is 368 g/mol. The summed E-state index contributed by atoms with van der Waals surface area (Å²) < 4.78 is 6.62. The van der Waals surface area contributed by atoms with E-state index in [0.717, 1.165) is 14.7 Å². The largest absolute Gasteiger partial charge is 0.488 e. The summed E-state index contributed by atoms with van der Waals surface area (Å²) >= 11 is 2.13. The van der Waals surface area contributed by atoms with Gasteiger partial charge < -0.3 is 9.84 Å². The highest BCUT2D eigenvalue weighted by Crippen LogP contribution is 2.24. The molecule has 2 rings (SSSR count). The first-order valence-electron chi connectivity index (χ1n) is 5.78. The molecular weight excluding hydrogens is 355 g/mol. The molecular formula is C15H13IO3. The van der Waals surface area contributed by atoms with Gasteiger partial charge in [0.1, 0.15) is 12.4 Å². The number of carbonyl (C=O) groups is 1. The van der Waals surface area contributed by atoms with Crippen molar-refractivity contribution in [3.05, 3.63) is 62.7 Å². The third-order valence-electron chi connectivity index (χ3n) is 2.82. The molecule has 2 aromatic rings. The van der Waals surface area contributed by atoms with Gasteiger partial charge in [-0.2, -0.15) is 0 Å². The molecule has 0 spiro atoms. The van der Waals surface area contributed by atoms with Crippen molar-refractivity contribution in [3.8, 4) is 5.75 Å². The van der Waals surface area contributed by atoms with E-state index >= 15 is 0 Å². The van der Waals surface area contributed by atoms with Gasteiger partial charge in [-0.3, -0.25) is 0 Å². The van der Waals surface area contributed by atoms with Gasteiger partial charge in [-0.15, -0.1) is 0 Å². The number of carboxylic acids is 1. The predicted octanol–water partition coefficient (Wildman–Crippen LogP) is 3.88. The van der Waals surface area contributed by atoms with Crippen molar-refractivity contribution in [1.29, 1.82) is 0 Å². The summed E-state index contributed by atoms with van der Waals surface area (Å²) in [5.41, 5.74) is 2.49. The maximum atomic E-state index is 10.9. The van der Waals surface area contributed by atoms with Crippen molar-refractivity contribution < 1.29 is 14.6 Å². The minimum atomic E-state index is -0.947. The van der Waals surface area contributed by atoms with Crippen LogP contribution in [-0.4, -0.2) is 11.1 Å². The van der Waals surface area contributed by atoms with Gasteiger partial charge in [0.15, 0.2) is 0 Å². The van der Waals surface area contributed by atoms with Crippen LogP contribution in [0.15, 0.2) is 42.5 Å². The lowest BCUT2D eigenvalue weighted by Crippen LogP contribution is -2.02. The van der Waals surface area contributed by atoms with Crippen LogP contribution in [-0.2, 0) is 6.61 Å². The third kappa shape index (κ3) is 3.47. The van der Waals surface area contributed by atoms with E-state index in [0.29, 0.717) is 12.4 Å². The molecule has 0 bridgehead atoms. The van der Waals surface area contributed by atoms with E-state index in [9.17, 15) is 4.79 Å². The van der Waals surface area contributed by atoms with Crippen LogP contribution in [0.3, 0.4) is 0 Å². The van der Waals surface area contributed by atoms with E-state index in [2.05, 4.69) is 22.6 Å². The summed E-state index contributed by atoms with van der Waals surface area (Å²) in [6.45, 7) is 2.46. The first kappa shape index (κ1) is 13.9. The summed E-state index contributed by atoms with van der Waals surface area (Å²) in [5, 5.41) is 8.97. The molecule has 19 heavy (non-hydrogen) atoms. The molecule has 0 unspecified atom stereocenters. The Morgan fingerprint density at radius 3 is 2.68 bits per heavy atom. The molecule has 0 aromatic heterocycles. The lowest BCUT2D eigenvalue weighted by molar-refractivity contribution is 0.0696. The number of benzene rings is 2. The summed E-state index contributed by atoms with van der Waals surface area (Å²) in [4.78, 5) is 10.9. The maximum Gasteiger partial charge on any atom is 0.335 e. The van der Waals surface area contributed by atoms with Gasteiger partial charge in [0, 0.05) is 0 Å². The number of halogens is 1. The van der Waals surface area contributed by atoms with Crippen molar-refractivity contribution in [2.24, 2.45) is 0 Å². The fraction of sp³-hybridized carbons (Fsp3) is 0.133. The van der Waals surface area contributed by atoms with Gasteiger partial charge >= 0.3 is 5.97 Å². The van der Waals surface area contributed by atoms with Crippen molar-refractivity contribution in [2.45, 2.75) is 13.5 Å². The van der Waals surface area contributed by atoms with Crippen molar-refractivity contribution in [2.75, 3.05) is 0 Å². The van der Waals surface area contributed by atoms with Crippen LogP contribution in [0.25, 0.3) is 0 Å². The Morgan fingerprint density at radius 2 is 2.00 bits per heavy atom. The minimum absolute atomic E-state index is 0.236. The van der Waals surface area contributed by atoms with Crippen LogP contribution in [0.5, 0.6) is 5.75 Å². The zero-order chi connectivity index (χ0) is 13.8. The van der Waals surface area contributed by atoms with Gasteiger partial charge in [0.25, 0.3) is 0 Å². The van der Waals surface area contributed by atoms with Crippen molar-refractivity contribution >= 4 is 28.6 Å². The average Bonchev–Trinajstić information content (AvgIpc) is 2.39. The Hall–Kier alpha value is -1.56. The van der Waals surface area contributed by atoms with Crippen LogP contribution < -0.4 is 4.74 Å². The molecule has 0 atom stereocenters. The van der Waals surface area contributed by atoms with Crippen LogP contribution in [0.2, 0.25) is 0 Å². The molecule has 0 amide bonds. The van der Waals surface area contributed by atoms with E-state index in [1.165, 1.54) is 0 Å². The average molecular weight is 368 g/mol. The Labute approximate surface area is 125 Å². The van der Waals surface area contributed by atoms with Gasteiger partial charge in [0.2, 0.25) is 0 Å². The van der Waals surface area contributed by atoms with Gasteiger partial charge in [0.05, 0.1) is 9.13 Å². The minimum Gasteiger partial charge on any atom is -0.488 e. The molecule has 0 aliphatic carbocycles. The standard InChI is InChI=1S/C15H13IO3/c1-10-4-2-3-5-12(10)9-19-14-8-11(15(17)18)6-7-13(14)16/h2-8H,9H2,1H3,(H,17,18). The fourth-order valence-corrected chi connectivity index (χ4v) is 2.17. The Morgan fingerprint density at radius 1 is 1.26 bits per heavy atom. The summed E-state index contributed by atoms with van der Waals surface area (Å²) in [7, 11) is 0. The molecule has 98 valence electrons. The van der Waals surface area contributed by atoms with Crippen LogP contribution in [0.1, 0.15) is 21.5 Å². The molecule has 0 saturated heterocycles. The molecule has 0 saturated carbocycles. The lowest BCUT2D eigenvalue weighted by atomic mass is 10.1.